The minimum absolute atomic E-state index is 0.303. The molecule has 10 nitrogen and oxygen atoms in total. The smallest absolute Gasteiger partial charge is 0.154 e. The highest BCUT2D eigenvalue weighted by molar-refractivity contribution is 8.76. The summed E-state index contributed by atoms with van der Waals surface area (Å²) in [7, 11) is 4.01. The molecule has 0 amide bonds. The van der Waals surface area contributed by atoms with E-state index in [1.807, 2.05) is 21.6 Å². The quantitative estimate of drug-likeness (QED) is 0.0172. The summed E-state index contributed by atoms with van der Waals surface area (Å²) in [6.45, 7) is 20.2. The van der Waals surface area contributed by atoms with Crippen molar-refractivity contribution in [3.63, 3.8) is 0 Å². The number of aliphatic hydroxyl groups excluding tert-OH is 5. The summed E-state index contributed by atoms with van der Waals surface area (Å²) >= 11 is 0. The number of nitrogens with zero attached hydrogens (tertiary/aromatic N) is 4. The molecule has 12 heteroatoms. The van der Waals surface area contributed by atoms with Gasteiger partial charge < -0.3 is 30.3 Å². The van der Waals surface area contributed by atoms with Crippen molar-refractivity contribution in [2.45, 2.75) is 334 Å². The van der Waals surface area contributed by atoms with Gasteiger partial charge in [0.05, 0.1) is 31.0 Å². The van der Waals surface area contributed by atoms with Crippen LogP contribution in [0.3, 0.4) is 0 Å². The predicted molar refractivity (Wildman–Crippen MR) is 357 cm³/mol. The number of hydrogen-bond acceptors (Lipinski definition) is 12. The maximum absolute atomic E-state index is 11.1. The van der Waals surface area contributed by atoms with E-state index in [1.165, 1.54) is 180 Å². The zero-order chi connectivity index (χ0) is 58.7. The summed E-state index contributed by atoms with van der Waals surface area (Å²) in [5.41, 5.74) is 0. The molecule has 1 saturated heterocycles. The van der Waals surface area contributed by atoms with Gasteiger partial charge in [-0.3, -0.25) is 19.6 Å². The average molecular weight is 1190 g/mol. The van der Waals surface area contributed by atoms with Gasteiger partial charge in [0.25, 0.3) is 0 Å². The van der Waals surface area contributed by atoms with Crippen molar-refractivity contribution in [2.75, 3.05) is 96.6 Å². The molecule has 0 aliphatic carbocycles. The third-order valence-electron chi connectivity index (χ3n) is 17.0. The van der Waals surface area contributed by atoms with E-state index in [2.05, 4.69) is 59.4 Å². The second-order valence-electron chi connectivity index (χ2n) is 25.1. The van der Waals surface area contributed by atoms with E-state index >= 15 is 0 Å². The van der Waals surface area contributed by atoms with Crippen molar-refractivity contribution in [3.8, 4) is 0 Å². The molecule has 0 spiro atoms. The van der Waals surface area contributed by atoms with Gasteiger partial charge in [-0.15, -0.1) is 0 Å². The topological polar surface area (TPSA) is 123 Å². The monoisotopic (exact) mass is 1190 g/mol. The van der Waals surface area contributed by atoms with Crippen LogP contribution >= 0.6 is 21.6 Å². The van der Waals surface area contributed by atoms with Gasteiger partial charge in [0.15, 0.2) is 6.29 Å². The predicted octanol–water partition coefficient (Wildman–Crippen LogP) is 16.8. The van der Waals surface area contributed by atoms with Gasteiger partial charge in [0, 0.05) is 77.0 Å². The summed E-state index contributed by atoms with van der Waals surface area (Å²) in [5.74, 6) is 2.28. The van der Waals surface area contributed by atoms with Crippen LogP contribution in [0.5, 0.6) is 0 Å². The molecule has 1 heterocycles. The first-order valence-corrected chi connectivity index (χ1v) is 38.0. The zero-order valence-corrected chi connectivity index (χ0v) is 55.9. The van der Waals surface area contributed by atoms with E-state index in [9.17, 15) is 25.5 Å². The van der Waals surface area contributed by atoms with Crippen LogP contribution in [0.4, 0.5) is 0 Å². The molecular weight excluding hydrogens is 1040 g/mol. The lowest BCUT2D eigenvalue weighted by atomic mass is 10.0. The molecule has 1 fully saturated rings. The van der Waals surface area contributed by atoms with Gasteiger partial charge in [0.2, 0.25) is 0 Å². The van der Waals surface area contributed by atoms with E-state index in [-0.39, 0.29) is 24.4 Å². The fourth-order valence-corrected chi connectivity index (χ4v) is 13.8. The lowest BCUT2D eigenvalue weighted by molar-refractivity contribution is -0.109. The highest BCUT2D eigenvalue weighted by Crippen LogP contribution is 2.24. The molecule has 5 unspecified atom stereocenters. The Balaban J connectivity index is 2.34. The summed E-state index contributed by atoms with van der Waals surface area (Å²) < 4.78 is 5.91. The molecule has 0 aromatic carbocycles. The standard InChI is InChI=1S/C69H140N4O6S2/c1-5-9-13-17-21-25-27-31-35-39-45-65(74)61-72(62-66(75)46-40-36-32-28-26-22-18-14-10-6-2)50-42-41-49-69(78)79-58-56-70-52-54-71(55-53-70)57-60-81-80-59-44-43-51-73(63-67(76)47-37-33-29-23-19-15-11-7-3)64-68(77)48-38-34-30-24-20-16-12-8-4/h25,27,65-69,74-78H,5-24,26,28-64H2,1-4H3/b27-25+. The number of allylic oxidation sites excluding steroid dienone is 2. The minimum atomic E-state index is -0.754. The van der Waals surface area contributed by atoms with Crippen LogP contribution in [0, 0.1) is 0 Å². The molecule has 5 N–H and O–H groups in total. The Bertz CT molecular complexity index is 1240. The average Bonchev–Trinajstić information content (AvgIpc) is 3.45. The molecule has 1 aliphatic heterocycles. The number of ether oxygens (including phenoxy) is 1. The molecule has 0 radical (unpaired) electrons. The van der Waals surface area contributed by atoms with Gasteiger partial charge in [0.1, 0.15) is 0 Å². The van der Waals surface area contributed by atoms with Crippen molar-refractivity contribution >= 4 is 21.6 Å². The Morgan fingerprint density at radius 2 is 0.667 bits per heavy atom. The number of unbranched alkanes of at least 4 members (excludes halogenated alkanes) is 31. The minimum Gasteiger partial charge on any atom is -0.392 e. The Hall–Kier alpha value is 0.0400. The largest absolute Gasteiger partial charge is 0.392 e. The van der Waals surface area contributed by atoms with Gasteiger partial charge in [-0.1, -0.05) is 254 Å². The van der Waals surface area contributed by atoms with Crippen LogP contribution < -0.4 is 0 Å². The van der Waals surface area contributed by atoms with Crippen molar-refractivity contribution in [1.29, 1.82) is 0 Å². The van der Waals surface area contributed by atoms with Crippen molar-refractivity contribution in [3.05, 3.63) is 12.2 Å². The first-order chi connectivity index (χ1) is 39.7. The first-order valence-electron chi connectivity index (χ1n) is 35.5. The first kappa shape index (κ1) is 79.1. The fraction of sp³-hybridized carbons (Fsp3) is 0.971. The number of aliphatic hydroxyl groups is 5. The number of rotatable bonds is 65. The van der Waals surface area contributed by atoms with Crippen molar-refractivity contribution in [1.82, 2.24) is 19.6 Å². The highest BCUT2D eigenvalue weighted by Gasteiger charge is 2.20. The van der Waals surface area contributed by atoms with Crippen LogP contribution in [-0.2, 0) is 4.74 Å². The maximum Gasteiger partial charge on any atom is 0.154 e. The van der Waals surface area contributed by atoms with Crippen molar-refractivity contribution in [2.24, 2.45) is 0 Å². The van der Waals surface area contributed by atoms with E-state index in [1.54, 1.807) is 0 Å². The van der Waals surface area contributed by atoms with Gasteiger partial charge >= 0.3 is 0 Å². The molecule has 1 rings (SSSR count). The fourth-order valence-electron chi connectivity index (χ4n) is 11.6. The summed E-state index contributed by atoms with van der Waals surface area (Å²) in [5, 5.41) is 54.9. The van der Waals surface area contributed by atoms with Crippen LogP contribution in [-0.4, -0.2) is 172 Å². The van der Waals surface area contributed by atoms with E-state index < -0.39 is 6.29 Å². The Kier molecular flexibility index (Phi) is 60.2. The molecule has 0 aromatic rings. The van der Waals surface area contributed by atoms with E-state index in [4.69, 9.17) is 4.74 Å². The van der Waals surface area contributed by atoms with Gasteiger partial charge in [-0.05, 0) is 96.6 Å². The molecule has 5 atom stereocenters. The second kappa shape index (κ2) is 61.7. The Labute approximate surface area is 512 Å². The second-order valence-corrected chi connectivity index (χ2v) is 27.8. The van der Waals surface area contributed by atoms with Crippen LogP contribution in [0.1, 0.15) is 304 Å². The van der Waals surface area contributed by atoms with Gasteiger partial charge in [-0.25, -0.2) is 0 Å². The molecule has 0 aromatic heterocycles. The van der Waals surface area contributed by atoms with Crippen LogP contribution in [0.25, 0.3) is 0 Å². The molecule has 484 valence electrons. The molecular formula is C69H140N4O6S2. The Morgan fingerprint density at radius 3 is 1.07 bits per heavy atom. The number of hydrogen-bond donors (Lipinski definition) is 5. The van der Waals surface area contributed by atoms with Crippen LogP contribution in [0.15, 0.2) is 12.2 Å². The lowest BCUT2D eigenvalue weighted by Gasteiger charge is -2.34. The highest BCUT2D eigenvalue weighted by atomic mass is 33.1. The normalized spacial score (nSPS) is 15.7. The zero-order valence-electron chi connectivity index (χ0n) is 54.3. The Morgan fingerprint density at radius 1 is 0.358 bits per heavy atom. The van der Waals surface area contributed by atoms with E-state index in [0.717, 1.165) is 154 Å². The third-order valence-corrected chi connectivity index (χ3v) is 19.5. The lowest BCUT2D eigenvalue weighted by Crippen LogP contribution is -2.47. The summed E-state index contributed by atoms with van der Waals surface area (Å²) in [6, 6.07) is 0. The van der Waals surface area contributed by atoms with E-state index in [0.29, 0.717) is 39.2 Å². The summed E-state index contributed by atoms with van der Waals surface area (Å²) in [4.78, 5) is 9.70. The molecule has 1 aliphatic rings. The van der Waals surface area contributed by atoms with Crippen molar-refractivity contribution < 1.29 is 30.3 Å². The maximum atomic E-state index is 11.1. The van der Waals surface area contributed by atoms with Crippen LogP contribution in [0.2, 0.25) is 0 Å². The van der Waals surface area contributed by atoms with Gasteiger partial charge in [-0.2, -0.15) is 0 Å². The number of piperazine rings is 1. The third kappa shape index (κ3) is 55.1. The summed E-state index contributed by atoms with van der Waals surface area (Å²) in [6.07, 6.45) is 53.8. The SMILES string of the molecule is CCCCCC/C=C/CCCCC(O)CN(CCCCC(O)OCCN1CCN(CCSSCCCCN(CC(O)CCCCCCCCCC)CC(O)CCCCCCCCCC)CC1)CC(O)CCCCCCCCCCCC. The molecule has 0 saturated carbocycles. The molecule has 81 heavy (non-hydrogen) atoms. The molecule has 0 bridgehead atoms.